The minimum atomic E-state index is -0.234. The highest BCUT2D eigenvalue weighted by atomic mass is 19.1. The molecule has 0 saturated heterocycles. The van der Waals surface area contributed by atoms with Crippen LogP contribution >= 0.6 is 0 Å². The van der Waals surface area contributed by atoms with Crippen LogP contribution in [-0.4, -0.2) is 36.6 Å². The molecular formula is C23H20FN5O2. The van der Waals surface area contributed by atoms with Gasteiger partial charge in [-0.25, -0.2) is 9.38 Å². The van der Waals surface area contributed by atoms with Crippen molar-refractivity contribution in [3.05, 3.63) is 76.8 Å². The maximum atomic E-state index is 14.5. The van der Waals surface area contributed by atoms with Crippen LogP contribution in [0.1, 0.15) is 16.7 Å². The summed E-state index contributed by atoms with van der Waals surface area (Å²) in [5.74, 6) is 2.79. The van der Waals surface area contributed by atoms with Crippen molar-refractivity contribution >= 4 is 17.4 Å². The summed E-state index contributed by atoms with van der Waals surface area (Å²) in [7, 11) is 0. The molecule has 31 heavy (non-hydrogen) atoms. The number of nitrogens with one attached hydrogen (secondary N) is 2. The summed E-state index contributed by atoms with van der Waals surface area (Å²) in [5.41, 5.74) is 7.57. The predicted octanol–water partition coefficient (Wildman–Crippen LogP) is 2.76. The molecule has 0 aliphatic carbocycles. The molecular weight excluding hydrogens is 397 g/mol. The number of amidine groups is 1. The number of hydrazone groups is 1. The summed E-state index contributed by atoms with van der Waals surface area (Å²) in [5, 5.41) is 7.79. The second kappa shape index (κ2) is 7.16. The average molecular weight is 417 g/mol. The largest absolute Gasteiger partial charge is 0.493 e. The van der Waals surface area contributed by atoms with Gasteiger partial charge in [0, 0.05) is 41.4 Å². The molecule has 0 radical (unpaired) electrons. The van der Waals surface area contributed by atoms with Gasteiger partial charge in [0.2, 0.25) is 5.96 Å². The lowest BCUT2D eigenvalue weighted by Crippen LogP contribution is -2.46. The van der Waals surface area contributed by atoms with E-state index in [0.29, 0.717) is 44.4 Å². The van der Waals surface area contributed by atoms with Crippen LogP contribution in [0.2, 0.25) is 0 Å². The van der Waals surface area contributed by atoms with E-state index in [9.17, 15) is 4.39 Å². The summed E-state index contributed by atoms with van der Waals surface area (Å²) in [4.78, 5) is 6.62. The topological polar surface area (TPSA) is 70.5 Å². The first-order valence-corrected chi connectivity index (χ1v) is 10.3. The van der Waals surface area contributed by atoms with Crippen molar-refractivity contribution in [2.75, 3.05) is 19.9 Å². The Kier molecular flexibility index (Phi) is 4.15. The number of halogens is 1. The second-order valence-electron chi connectivity index (χ2n) is 7.55. The Morgan fingerprint density at radius 2 is 2.03 bits per heavy atom. The molecule has 0 bridgehead atoms. The van der Waals surface area contributed by atoms with Crippen molar-refractivity contribution in [1.29, 1.82) is 0 Å². The smallest absolute Gasteiger partial charge is 0.206 e. The number of fused-ring (bicyclic) bond motifs is 3. The third kappa shape index (κ3) is 2.94. The minimum Gasteiger partial charge on any atom is -0.493 e. The quantitative estimate of drug-likeness (QED) is 0.804. The normalized spacial score (nSPS) is 18.3. The maximum Gasteiger partial charge on any atom is 0.206 e. The van der Waals surface area contributed by atoms with E-state index in [2.05, 4.69) is 20.8 Å². The zero-order valence-corrected chi connectivity index (χ0v) is 16.7. The molecule has 0 atom stereocenters. The Morgan fingerprint density at radius 1 is 1.10 bits per heavy atom. The van der Waals surface area contributed by atoms with Gasteiger partial charge in [0.25, 0.3) is 0 Å². The van der Waals surface area contributed by atoms with E-state index >= 15 is 0 Å². The third-order valence-corrected chi connectivity index (χ3v) is 5.84. The second-order valence-corrected chi connectivity index (χ2v) is 7.55. The van der Waals surface area contributed by atoms with Gasteiger partial charge in [-0.2, -0.15) is 5.10 Å². The first kappa shape index (κ1) is 18.0. The summed E-state index contributed by atoms with van der Waals surface area (Å²) in [6.45, 7) is 1.90. The number of nitrogens with zero attached hydrogens (tertiary/aromatic N) is 3. The van der Waals surface area contributed by atoms with E-state index < -0.39 is 0 Å². The number of hydrogen-bond acceptors (Lipinski definition) is 7. The third-order valence-electron chi connectivity index (χ3n) is 5.84. The summed E-state index contributed by atoms with van der Waals surface area (Å²) < 4.78 is 25.8. The van der Waals surface area contributed by atoms with E-state index in [4.69, 9.17) is 9.47 Å². The van der Waals surface area contributed by atoms with Crippen LogP contribution in [0.25, 0.3) is 5.57 Å². The van der Waals surface area contributed by atoms with Crippen LogP contribution in [0.4, 0.5) is 4.39 Å². The Bertz CT molecular complexity index is 1200. The molecule has 0 saturated carbocycles. The van der Waals surface area contributed by atoms with E-state index in [1.807, 2.05) is 41.4 Å². The molecule has 2 aromatic rings. The summed E-state index contributed by atoms with van der Waals surface area (Å²) in [6.07, 6.45) is 4.57. The molecule has 0 spiro atoms. The van der Waals surface area contributed by atoms with Gasteiger partial charge in [-0.3, -0.25) is 10.3 Å². The highest BCUT2D eigenvalue weighted by Crippen LogP contribution is 2.36. The molecule has 0 fully saturated rings. The molecule has 8 heteroatoms. The average Bonchev–Trinajstić information content (AvgIpc) is 3.48. The fraction of sp³-hybridized carbons (Fsp3) is 0.217. The molecule has 4 aliphatic heterocycles. The molecule has 156 valence electrons. The summed E-state index contributed by atoms with van der Waals surface area (Å²) in [6, 6.07) is 11.1. The molecule has 7 nitrogen and oxygen atoms in total. The molecule has 2 N–H and O–H groups in total. The number of benzene rings is 2. The SMILES string of the molecule is Fc1ccc2c(c1CNC1=NC=C(C3=CCOc4ccccc43)C3=NNCN13)CCO2. The first-order valence-electron chi connectivity index (χ1n) is 10.3. The van der Waals surface area contributed by atoms with Gasteiger partial charge in [-0.1, -0.05) is 18.2 Å². The van der Waals surface area contributed by atoms with Gasteiger partial charge in [0.1, 0.15) is 30.6 Å². The van der Waals surface area contributed by atoms with Crippen LogP contribution in [0.15, 0.2) is 64.3 Å². The minimum absolute atomic E-state index is 0.234. The van der Waals surface area contributed by atoms with Gasteiger partial charge >= 0.3 is 0 Å². The monoisotopic (exact) mass is 417 g/mol. The van der Waals surface area contributed by atoms with Crippen molar-refractivity contribution in [2.24, 2.45) is 10.1 Å². The standard InChI is InChI=1S/C23H20FN5O2/c24-19-5-6-21-16(8-10-31-21)17(19)11-25-23-26-12-18(22-28-27-13-29(22)23)14-7-9-30-20-4-2-1-3-15(14)20/h1-7,12,27H,8-11,13H2,(H,25,26). The summed E-state index contributed by atoms with van der Waals surface area (Å²) >= 11 is 0. The Balaban J connectivity index is 1.31. The predicted molar refractivity (Wildman–Crippen MR) is 115 cm³/mol. The van der Waals surface area contributed by atoms with E-state index in [1.54, 1.807) is 6.07 Å². The van der Waals surface area contributed by atoms with Crippen LogP contribution in [0, 0.1) is 5.82 Å². The maximum absolute atomic E-state index is 14.5. The van der Waals surface area contributed by atoms with Crippen molar-refractivity contribution in [3.8, 4) is 11.5 Å². The van der Waals surface area contributed by atoms with Crippen LogP contribution in [0.5, 0.6) is 11.5 Å². The van der Waals surface area contributed by atoms with Crippen LogP contribution < -0.4 is 20.2 Å². The fourth-order valence-electron chi connectivity index (χ4n) is 4.35. The van der Waals surface area contributed by atoms with Gasteiger partial charge in [-0.15, -0.1) is 0 Å². The van der Waals surface area contributed by atoms with Crippen LogP contribution in [-0.2, 0) is 13.0 Å². The number of hydrogen-bond donors (Lipinski definition) is 2. The van der Waals surface area contributed by atoms with Gasteiger partial charge in [0.15, 0.2) is 5.84 Å². The molecule has 0 aromatic heterocycles. The molecule has 2 aromatic carbocycles. The van der Waals surface area contributed by atoms with Gasteiger partial charge in [-0.05, 0) is 29.8 Å². The first-order chi connectivity index (χ1) is 15.3. The highest BCUT2D eigenvalue weighted by molar-refractivity contribution is 6.19. The number of guanidine groups is 1. The van der Waals surface area contributed by atoms with Crippen molar-refractivity contribution in [1.82, 2.24) is 15.6 Å². The molecule has 6 rings (SSSR count). The van der Waals surface area contributed by atoms with Gasteiger partial charge < -0.3 is 14.8 Å². The Hall–Kier alpha value is -3.81. The molecule has 0 unspecified atom stereocenters. The Morgan fingerprint density at radius 3 is 3.00 bits per heavy atom. The van der Waals surface area contributed by atoms with E-state index in [0.717, 1.165) is 39.6 Å². The van der Waals surface area contributed by atoms with Crippen LogP contribution in [0.3, 0.4) is 0 Å². The number of para-hydroxylation sites is 1. The molecule has 0 amide bonds. The lowest BCUT2D eigenvalue weighted by molar-refractivity contribution is 0.356. The Labute approximate surface area is 178 Å². The lowest BCUT2D eigenvalue weighted by Gasteiger charge is -2.28. The molecule has 4 aliphatic rings. The highest BCUT2D eigenvalue weighted by Gasteiger charge is 2.32. The number of rotatable bonds is 3. The zero-order chi connectivity index (χ0) is 20.8. The molecule has 4 heterocycles. The fourth-order valence-corrected chi connectivity index (χ4v) is 4.35. The van der Waals surface area contributed by atoms with E-state index in [-0.39, 0.29) is 5.82 Å². The van der Waals surface area contributed by atoms with Crippen molar-refractivity contribution < 1.29 is 13.9 Å². The number of ether oxygens (including phenoxy) is 2. The number of aliphatic imine (C=N–C) groups is 1. The van der Waals surface area contributed by atoms with Crippen molar-refractivity contribution in [3.63, 3.8) is 0 Å². The zero-order valence-electron chi connectivity index (χ0n) is 16.7. The lowest BCUT2D eigenvalue weighted by atomic mass is 9.94. The van der Waals surface area contributed by atoms with Gasteiger partial charge in [0.05, 0.1) is 6.61 Å². The van der Waals surface area contributed by atoms with Crippen molar-refractivity contribution in [2.45, 2.75) is 13.0 Å². The van der Waals surface area contributed by atoms with E-state index in [1.165, 1.54) is 6.07 Å².